The van der Waals surface area contributed by atoms with E-state index in [1.165, 1.54) is 38.5 Å². The van der Waals surface area contributed by atoms with Crippen LogP contribution in [0.2, 0.25) is 0 Å². The van der Waals surface area contributed by atoms with E-state index in [1.807, 2.05) is 0 Å². The second-order valence-electron chi connectivity index (χ2n) is 17.8. The molecule has 0 radical (unpaired) electrons. The summed E-state index contributed by atoms with van der Waals surface area (Å²) in [5.74, 6) is -2.04. The molecule has 70 heavy (non-hydrogen) atoms. The van der Waals surface area contributed by atoms with Gasteiger partial charge in [-0.1, -0.05) is 181 Å². The number of hydrogen-bond donors (Lipinski definition) is 4. The molecule has 1 aliphatic rings. The molecule has 1 heterocycles. The lowest BCUT2D eigenvalue weighted by Crippen LogP contribution is -2.60. The van der Waals surface area contributed by atoms with Crippen molar-refractivity contribution in [3.63, 3.8) is 0 Å². The molecular weight excluding hydrogens is 909 g/mol. The summed E-state index contributed by atoms with van der Waals surface area (Å²) < 4.78 is 54.3. The second kappa shape index (κ2) is 45.2. The molecule has 0 amide bonds. The molecule has 0 saturated carbocycles. The number of unbranched alkanes of at least 4 members (excludes halogenated alkanes) is 13. The van der Waals surface area contributed by atoms with Crippen LogP contribution in [0, 0.1) is 0 Å². The van der Waals surface area contributed by atoms with Gasteiger partial charge in [0.15, 0.2) is 12.4 Å². The van der Waals surface area contributed by atoms with E-state index < -0.39 is 71.2 Å². The Morgan fingerprint density at radius 3 is 1.29 bits per heavy atom. The van der Waals surface area contributed by atoms with Crippen molar-refractivity contribution in [2.24, 2.45) is 0 Å². The highest BCUT2D eigenvalue weighted by atomic mass is 32.2. The second-order valence-corrected chi connectivity index (χ2v) is 19.3. The van der Waals surface area contributed by atoms with Crippen molar-refractivity contribution in [1.82, 2.24) is 0 Å². The number of allylic oxidation sites excluding steroid dienone is 18. The molecule has 398 valence electrons. The van der Waals surface area contributed by atoms with Crippen molar-refractivity contribution in [3.8, 4) is 0 Å². The van der Waals surface area contributed by atoms with Crippen LogP contribution in [0.5, 0.6) is 0 Å². The van der Waals surface area contributed by atoms with Crippen LogP contribution in [0.25, 0.3) is 0 Å². The first kappa shape index (κ1) is 64.3. The van der Waals surface area contributed by atoms with E-state index in [0.29, 0.717) is 12.8 Å². The van der Waals surface area contributed by atoms with Crippen molar-refractivity contribution in [1.29, 1.82) is 0 Å². The predicted octanol–water partition coefficient (Wildman–Crippen LogP) is 12.3. The third-order valence-electron chi connectivity index (χ3n) is 11.3. The minimum absolute atomic E-state index is 0.118. The quantitative estimate of drug-likeness (QED) is 0.0196. The molecule has 0 aromatic heterocycles. The Labute approximate surface area is 423 Å². The average Bonchev–Trinajstić information content (AvgIpc) is 3.33. The van der Waals surface area contributed by atoms with Crippen molar-refractivity contribution in [3.05, 3.63) is 109 Å². The Hall–Kier alpha value is -3.69. The summed E-state index contributed by atoms with van der Waals surface area (Å²) in [7, 11) is -4.62. The van der Waals surface area contributed by atoms with Crippen molar-refractivity contribution in [2.75, 3.05) is 19.0 Å². The first-order chi connectivity index (χ1) is 34.0. The van der Waals surface area contributed by atoms with E-state index in [4.69, 9.17) is 18.9 Å². The Morgan fingerprint density at radius 1 is 0.486 bits per heavy atom. The molecular formula is C57H92O12S. The number of aliphatic hydroxyl groups excluding tert-OH is 3. The normalized spacial score (nSPS) is 19.9. The van der Waals surface area contributed by atoms with Crippen LogP contribution in [0.1, 0.15) is 181 Å². The summed E-state index contributed by atoms with van der Waals surface area (Å²) in [6.45, 7) is 3.51. The first-order valence-corrected chi connectivity index (χ1v) is 28.1. The van der Waals surface area contributed by atoms with Crippen LogP contribution in [0.15, 0.2) is 109 Å². The zero-order valence-electron chi connectivity index (χ0n) is 42.8. The first-order valence-electron chi connectivity index (χ1n) is 26.4. The highest BCUT2D eigenvalue weighted by Crippen LogP contribution is 2.24. The van der Waals surface area contributed by atoms with Crippen molar-refractivity contribution in [2.45, 2.75) is 218 Å². The molecule has 4 N–H and O–H groups in total. The molecule has 13 heteroatoms. The van der Waals surface area contributed by atoms with Gasteiger partial charge in [-0.05, 0) is 96.3 Å². The van der Waals surface area contributed by atoms with Gasteiger partial charge >= 0.3 is 11.9 Å². The third kappa shape index (κ3) is 39.0. The standard InChI is InChI=1S/C57H92O12S/c1-3-5-7-9-11-13-15-17-19-21-23-24-25-26-28-29-31-33-35-37-39-41-43-45-52(58)66-47-50(48-67-57-56(62)55(61)54(60)51(69-57)49-70(63,64)65)68-53(59)46-44-42-40-38-36-34-32-30-27-22-20-18-16-14-12-10-8-6-4-2/h5-8,11-14,17-20,23-24,27,30,34,36,50-51,54-57,60-62H,3-4,9-10,15-16,21-22,25-26,28-29,31-33,35,37-49H2,1-2H3,(H,63,64,65)/b7-5-,8-6-,13-11-,14-12-,19-17-,20-18-,24-23-,30-27-,36-34-. The van der Waals surface area contributed by atoms with Gasteiger partial charge in [0.2, 0.25) is 0 Å². The van der Waals surface area contributed by atoms with E-state index in [0.717, 1.165) is 103 Å². The highest BCUT2D eigenvalue weighted by Gasteiger charge is 2.46. The van der Waals surface area contributed by atoms with Gasteiger partial charge < -0.3 is 34.3 Å². The van der Waals surface area contributed by atoms with Gasteiger partial charge in [-0.3, -0.25) is 14.1 Å². The lowest BCUT2D eigenvalue weighted by Gasteiger charge is -2.40. The van der Waals surface area contributed by atoms with Crippen LogP contribution >= 0.6 is 0 Å². The predicted molar refractivity (Wildman–Crippen MR) is 284 cm³/mol. The Bertz CT molecular complexity index is 1690. The fourth-order valence-electron chi connectivity index (χ4n) is 7.34. The molecule has 0 aliphatic carbocycles. The number of esters is 2. The molecule has 1 saturated heterocycles. The average molecular weight is 1000 g/mol. The minimum Gasteiger partial charge on any atom is -0.462 e. The molecule has 0 spiro atoms. The Balaban J connectivity index is 2.39. The lowest BCUT2D eigenvalue weighted by molar-refractivity contribution is -0.297. The summed E-state index contributed by atoms with van der Waals surface area (Å²) >= 11 is 0. The lowest BCUT2D eigenvalue weighted by atomic mass is 10.00. The number of hydrogen-bond acceptors (Lipinski definition) is 11. The molecule has 12 nitrogen and oxygen atoms in total. The summed E-state index contributed by atoms with van der Waals surface area (Å²) in [6, 6.07) is 0. The number of carbonyl (C=O) groups excluding carboxylic acids is 2. The van der Waals surface area contributed by atoms with Gasteiger partial charge in [0.25, 0.3) is 10.1 Å². The zero-order chi connectivity index (χ0) is 51.2. The molecule has 1 rings (SSSR count). The van der Waals surface area contributed by atoms with Gasteiger partial charge in [0.1, 0.15) is 36.8 Å². The van der Waals surface area contributed by atoms with Crippen LogP contribution in [0.4, 0.5) is 0 Å². The van der Waals surface area contributed by atoms with E-state index in [1.54, 1.807) is 0 Å². The zero-order valence-corrected chi connectivity index (χ0v) is 43.6. The van der Waals surface area contributed by atoms with Crippen LogP contribution in [-0.4, -0.2) is 96.0 Å². The molecule has 1 fully saturated rings. The topological polar surface area (TPSA) is 186 Å². The fourth-order valence-corrected chi connectivity index (χ4v) is 8.03. The minimum atomic E-state index is -4.62. The molecule has 6 atom stereocenters. The highest BCUT2D eigenvalue weighted by molar-refractivity contribution is 7.85. The van der Waals surface area contributed by atoms with Crippen LogP contribution in [-0.2, 0) is 38.7 Å². The largest absolute Gasteiger partial charge is 0.462 e. The number of ether oxygens (including phenoxy) is 4. The van der Waals surface area contributed by atoms with Crippen LogP contribution < -0.4 is 0 Å². The summed E-state index contributed by atoms with van der Waals surface area (Å²) in [4.78, 5) is 25.6. The number of rotatable bonds is 43. The maximum Gasteiger partial charge on any atom is 0.306 e. The van der Waals surface area contributed by atoms with Gasteiger partial charge in [-0.15, -0.1) is 0 Å². The van der Waals surface area contributed by atoms with Crippen molar-refractivity contribution < 1.29 is 56.8 Å². The number of carbonyl (C=O) groups is 2. The van der Waals surface area contributed by atoms with E-state index in [9.17, 15) is 37.9 Å². The molecule has 0 aromatic carbocycles. The van der Waals surface area contributed by atoms with E-state index in [2.05, 4.69) is 123 Å². The van der Waals surface area contributed by atoms with Crippen molar-refractivity contribution >= 4 is 22.1 Å². The molecule has 6 unspecified atom stereocenters. The maximum atomic E-state index is 12.9. The maximum absolute atomic E-state index is 12.9. The van der Waals surface area contributed by atoms with Gasteiger partial charge in [0, 0.05) is 12.8 Å². The summed E-state index contributed by atoms with van der Waals surface area (Å²) in [6.07, 6.45) is 54.1. The SMILES string of the molecule is CC/C=C\C/C=C\C/C=C\C/C=C\C/C=C\CCCCCC(=O)OC(COC(=O)CCCCCCCCCCCC/C=C\C/C=C\C/C=C\C/C=C\CC)COC1OC(CS(=O)(=O)O)C(O)C(O)C1O. The fraction of sp³-hybridized carbons (Fsp3) is 0.649. The molecule has 0 aromatic rings. The van der Waals surface area contributed by atoms with Gasteiger partial charge in [-0.25, -0.2) is 0 Å². The summed E-state index contributed by atoms with van der Waals surface area (Å²) in [5.41, 5.74) is 0. The Kier molecular flexibility index (Phi) is 41.5. The molecule has 0 bridgehead atoms. The summed E-state index contributed by atoms with van der Waals surface area (Å²) in [5, 5.41) is 31.0. The smallest absolute Gasteiger partial charge is 0.306 e. The number of aliphatic hydroxyl groups is 3. The van der Waals surface area contributed by atoms with E-state index in [-0.39, 0.29) is 19.4 Å². The van der Waals surface area contributed by atoms with Crippen LogP contribution in [0.3, 0.4) is 0 Å². The molecule has 1 aliphatic heterocycles. The Morgan fingerprint density at radius 2 is 0.857 bits per heavy atom. The van der Waals surface area contributed by atoms with E-state index >= 15 is 0 Å². The van der Waals surface area contributed by atoms with Gasteiger partial charge in [0.05, 0.1) is 6.61 Å². The monoisotopic (exact) mass is 1000 g/mol. The third-order valence-corrected chi connectivity index (χ3v) is 12.1. The van der Waals surface area contributed by atoms with Gasteiger partial charge in [-0.2, -0.15) is 8.42 Å².